The van der Waals surface area contributed by atoms with Gasteiger partial charge >= 0.3 is 0 Å². The van der Waals surface area contributed by atoms with Crippen LogP contribution >= 0.6 is 0 Å². The van der Waals surface area contributed by atoms with E-state index in [9.17, 15) is 0 Å². The van der Waals surface area contributed by atoms with Crippen LogP contribution in [0.4, 0.5) is 0 Å². The van der Waals surface area contributed by atoms with Gasteiger partial charge < -0.3 is 14.7 Å². The highest BCUT2D eigenvalue weighted by Gasteiger charge is 2.06. The van der Waals surface area contributed by atoms with Crippen LogP contribution < -0.4 is 9.47 Å². The molecule has 0 amide bonds. The zero-order chi connectivity index (χ0) is 17.3. The van der Waals surface area contributed by atoms with Crippen molar-refractivity contribution in [1.29, 1.82) is 0 Å². The lowest BCUT2D eigenvalue weighted by Gasteiger charge is -2.13. The second-order valence-electron chi connectivity index (χ2n) is 5.34. The van der Waals surface area contributed by atoms with E-state index in [1.807, 2.05) is 66.7 Å². The molecule has 0 spiro atoms. The summed E-state index contributed by atoms with van der Waals surface area (Å²) < 4.78 is 11.6. The van der Waals surface area contributed by atoms with Gasteiger partial charge in [0.1, 0.15) is 24.7 Å². The second-order valence-corrected chi connectivity index (χ2v) is 5.34. The molecule has 126 valence electrons. The third-order valence-electron chi connectivity index (χ3n) is 3.69. The Balaban J connectivity index is 1.62. The number of benzene rings is 3. The topological polar surface area (TPSA) is 51.1 Å². The fourth-order valence-electron chi connectivity index (χ4n) is 2.53. The maximum absolute atomic E-state index is 8.69. The van der Waals surface area contributed by atoms with Crippen molar-refractivity contribution in [2.45, 2.75) is 0 Å². The highest BCUT2D eigenvalue weighted by atomic mass is 16.5. The molecule has 0 atom stereocenters. The van der Waals surface area contributed by atoms with Gasteiger partial charge in [-0.3, -0.25) is 0 Å². The minimum atomic E-state index is 0.388. The molecule has 0 fully saturated rings. The third-order valence-corrected chi connectivity index (χ3v) is 3.69. The zero-order valence-corrected chi connectivity index (χ0v) is 13.7. The fraction of sp³-hybridized carbons (Fsp3) is 0.0952. The number of ether oxygens (including phenoxy) is 2. The summed E-state index contributed by atoms with van der Waals surface area (Å²) in [6, 6.07) is 25.4. The lowest BCUT2D eigenvalue weighted by molar-refractivity contribution is 0.217. The first kappa shape index (κ1) is 16.6. The van der Waals surface area contributed by atoms with Crippen LogP contribution in [0.1, 0.15) is 5.56 Å². The van der Waals surface area contributed by atoms with Crippen molar-refractivity contribution in [2.24, 2.45) is 5.16 Å². The Kier molecular flexibility index (Phi) is 5.67. The minimum absolute atomic E-state index is 0.388. The Morgan fingerprint density at radius 1 is 0.720 bits per heavy atom. The first-order chi connectivity index (χ1) is 12.4. The van der Waals surface area contributed by atoms with Crippen LogP contribution in [0.5, 0.6) is 11.5 Å². The Morgan fingerprint density at radius 2 is 1.32 bits per heavy atom. The minimum Gasteiger partial charge on any atom is -0.489 e. The average Bonchev–Trinajstić information content (AvgIpc) is 2.68. The van der Waals surface area contributed by atoms with Crippen molar-refractivity contribution >= 4 is 6.21 Å². The van der Waals surface area contributed by atoms with Crippen LogP contribution in [0.15, 0.2) is 84.0 Å². The van der Waals surface area contributed by atoms with Gasteiger partial charge in [-0.2, -0.15) is 0 Å². The van der Waals surface area contributed by atoms with E-state index in [1.165, 1.54) is 6.21 Å². The lowest BCUT2D eigenvalue weighted by atomic mass is 10.1. The van der Waals surface area contributed by atoms with Gasteiger partial charge in [-0.05, 0) is 23.8 Å². The van der Waals surface area contributed by atoms with E-state index in [0.29, 0.717) is 19.0 Å². The van der Waals surface area contributed by atoms with Crippen molar-refractivity contribution in [3.63, 3.8) is 0 Å². The molecule has 3 aromatic rings. The summed E-state index contributed by atoms with van der Waals surface area (Å²) in [5.41, 5.74) is 2.88. The van der Waals surface area contributed by atoms with Crippen molar-refractivity contribution in [3.05, 3.63) is 84.4 Å². The first-order valence-corrected chi connectivity index (χ1v) is 8.05. The molecular weight excluding hydrogens is 314 g/mol. The van der Waals surface area contributed by atoms with Gasteiger partial charge in [0.15, 0.2) is 0 Å². The largest absolute Gasteiger partial charge is 0.489 e. The molecule has 0 heterocycles. The van der Waals surface area contributed by atoms with E-state index in [0.717, 1.165) is 22.4 Å². The molecule has 0 saturated carbocycles. The number of para-hydroxylation sites is 2. The van der Waals surface area contributed by atoms with E-state index < -0.39 is 0 Å². The standard InChI is InChI=1S/C21H19NO3/c23-22-16-18-10-4-6-12-20(18)24-14-15-25-21-13-7-5-11-19(21)17-8-2-1-3-9-17/h1-13,16,23H,14-15H2. The molecule has 3 rings (SSSR count). The Hall–Kier alpha value is -3.27. The highest BCUT2D eigenvalue weighted by Crippen LogP contribution is 2.29. The summed E-state index contributed by atoms with van der Waals surface area (Å²) in [6.07, 6.45) is 1.35. The highest BCUT2D eigenvalue weighted by molar-refractivity contribution is 5.82. The Labute approximate surface area is 147 Å². The van der Waals surface area contributed by atoms with Crippen molar-refractivity contribution in [3.8, 4) is 22.6 Å². The van der Waals surface area contributed by atoms with E-state index >= 15 is 0 Å². The van der Waals surface area contributed by atoms with Gasteiger partial charge in [0.05, 0.1) is 6.21 Å². The summed E-state index contributed by atoms with van der Waals surface area (Å²) in [6.45, 7) is 0.799. The second kappa shape index (κ2) is 8.55. The predicted octanol–water partition coefficient (Wildman–Crippen LogP) is 4.62. The number of rotatable bonds is 7. The molecule has 0 aliphatic heterocycles. The van der Waals surface area contributed by atoms with E-state index in [4.69, 9.17) is 14.7 Å². The van der Waals surface area contributed by atoms with Crippen LogP contribution in [0.25, 0.3) is 11.1 Å². The summed E-state index contributed by atoms with van der Waals surface area (Å²) in [5, 5.41) is 11.7. The molecule has 0 bridgehead atoms. The quantitative estimate of drug-likeness (QED) is 0.297. The van der Waals surface area contributed by atoms with E-state index in [2.05, 4.69) is 17.3 Å². The maximum Gasteiger partial charge on any atom is 0.128 e. The first-order valence-electron chi connectivity index (χ1n) is 8.05. The number of oxime groups is 1. The van der Waals surface area contributed by atoms with Crippen LogP contribution in [-0.4, -0.2) is 24.6 Å². The van der Waals surface area contributed by atoms with Gasteiger partial charge in [-0.1, -0.05) is 65.8 Å². The summed E-state index contributed by atoms with van der Waals surface area (Å²) in [5.74, 6) is 1.47. The molecule has 0 aliphatic rings. The van der Waals surface area contributed by atoms with E-state index in [1.54, 1.807) is 0 Å². The number of hydrogen-bond acceptors (Lipinski definition) is 4. The molecular formula is C21H19NO3. The van der Waals surface area contributed by atoms with E-state index in [-0.39, 0.29) is 0 Å². The summed E-state index contributed by atoms with van der Waals surface area (Å²) in [7, 11) is 0. The fourth-order valence-corrected chi connectivity index (χ4v) is 2.53. The molecule has 4 heteroatoms. The smallest absolute Gasteiger partial charge is 0.128 e. The molecule has 0 aromatic heterocycles. The van der Waals surface area contributed by atoms with Gasteiger partial charge in [0.2, 0.25) is 0 Å². The molecule has 3 aromatic carbocycles. The molecule has 4 nitrogen and oxygen atoms in total. The summed E-state index contributed by atoms with van der Waals surface area (Å²) in [4.78, 5) is 0. The van der Waals surface area contributed by atoms with Gasteiger partial charge in [0, 0.05) is 11.1 Å². The molecule has 0 radical (unpaired) electrons. The number of nitrogens with zero attached hydrogens (tertiary/aromatic N) is 1. The Morgan fingerprint density at radius 3 is 2.08 bits per heavy atom. The maximum atomic E-state index is 8.69. The zero-order valence-electron chi connectivity index (χ0n) is 13.7. The lowest BCUT2D eigenvalue weighted by Crippen LogP contribution is -2.10. The van der Waals surface area contributed by atoms with Gasteiger partial charge in [0.25, 0.3) is 0 Å². The SMILES string of the molecule is ON=Cc1ccccc1OCCOc1ccccc1-c1ccccc1. The van der Waals surface area contributed by atoms with Crippen molar-refractivity contribution in [2.75, 3.05) is 13.2 Å². The van der Waals surface area contributed by atoms with Crippen LogP contribution in [0.3, 0.4) is 0 Å². The molecule has 25 heavy (non-hydrogen) atoms. The Bertz CT molecular complexity index is 831. The van der Waals surface area contributed by atoms with Gasteiger partial charge in [-0.25, -0.2) is 0 Å². The predicted molar refractivity (Wildman–Crippen MR) is 98.7 cm³/mol. The van der Waals surface area contributed by atoms with Crippen LogP contribution in [0, 0.1) is 0 Å². The monoisotopic (exact) mass is 333 g/mol. The summed E-state index contributed by atoms with van der Waals surface area (Å²) >= 11 is 0. The molecule has 0 aliphatic carbocycles. The number of hydrogen-bond donors (Lipinski definition) is 1. The van der Waals surface area contributed by atoms with Crippen molar-refractivity contribution in [1.82, 2.24) is 0 Å². The normalized spacial score (nSPS) is 10.7. The third kappa shape index (κ3) is 4.38. The average molecular weight is 333 g/mol. The van der Waals surface area contributed by atoms with Crippen molar-refractivity contribution < 1.29 is 14.7 Å². The van der Waals surface area contributed by atoms with Crippen LogP contribution in [-0.2, 0) is 0 Å². The molecule has 0 saturated heterocycles. The van der Waals surface area contributed by atoms with Gasteiger partial charge in [-0.15, -0.1) is 0 Å². The molecule has 0 unspecified atom stereocenters. The molecule has 1 N–H and O–H groups in total. The van der Waals surface area contributed by atoms with Crippen LogP contribution in [0.2, 0.25) is 0 Å².